The lowest BCUT2D eigenvalue weighted by Crippen LogP contribution is -2.51. The van der Waals surface area contributed by atoms with Gasteiger partial charge in [0.25, 0.3) is 0 Å². The largest absolute Gasteiger partial charge is 0.321 e. The molecule has 3 heteroatoms. The number of halogens is 1. The molecule has 0 bridgehead atoms. The van der Waals surface area contributed by atoms with Crippen LogP contribution >= 0.6 is 27.3 Å². The second kappa shape index (κ2) is 4.67. The minimum atomic E-state index is -0.144. The number of thiophene rings is 1. The summed E-state index contributed by atoms with van der Waals surface area (Å²) in [5.41, 5.74) is 8.28. The molecule has 0 spiro atoms. The Labute approximate surface area is 117 Å². The Kier molecular flexibility index (Phi) is 3.73. The maximum atomic E-state index is 6.83. The van der Waals surface area contributed by atoms with Gasteiger partial charge in [-0.3, -0.25) is 0 Å². The molecule has 0 aliphatic heterocycles. The molecule has 0 saturated heterocycles. The summed E-state index contributed by atoms with van der Waals surface area (Å²) < 4.78 is 1.20. The summed E-state index contributed by atoms with van der Waals surface area (Å²) in [6.07, 6.45) is 4.95. The lowest BCUT2D eigenvalue weighted by atomic mass is 9.60. The average Bonchev–Trinajstić information content (AvgIpc) is 2.64. The molecule has 0 amide bonds. The van der Waals surface area contributed by atoms with Crippen molar-refractivity contribution in [1.82, 2.24) is 0 Å². The van der Waals surface area contributed by atoms with Crippen molar-refractivity contribution in [3.8, 4) is 0 Å². The third-order valence-corrected chi connectivity index (χ3v) is 5.82. The fraction of sp³-hybridized carbons (Fsp3) is 0.714. The molecule has 1 fully saturated rings. The summed E-state index contributed by atoms with van der Waals surface area (Å²) in [5.74, 6) is 0.564. The Bertz CT molecular complexity index is 393. The molecule has 2 atom stereocenters. The van der Waals surface area contributed by atoms with Crippen molar-refractivity contribution < 1.29 is 0 Å². The minimum absolute atomic E-state index is 0.144. The molecule has 1 aliphatic carbocycles. The van der Waals surface area contributed by atoms with E-state index in [1.807, 2.05) is 0 Å². The van der Waals surface area contributed by atoms with Crippen LogP contribution in [0.15, 0.2) is 15.2 Å². The van der Waals surface area contributed by atoms with E-state index in [1.54, 1.807) is 11.3 Å². The molecule has 1 heterocycles. The first kappa shape index (κ1) is 13.6. The molecule has 17 heavy (non-hydrogen) atoms. The summed E-state index contributed by atoms with van der Waals surface area (Å²) in [7, 11) is 0. The van der Waals surface area contributed by atoms with Crippen LogP contribution in [0.2, 0.25) is 0 Å². The zero-order valence-corrected chi connectivity index (χ0v) is 13.3. The van der Waals surface area contributed by atoms with Gasteiger partial charge in [-0.05, 0) is 51.0 Å². The predicted molar refractivity (Wildman–Crippen MR) is 79.3 cm³/mol. The standard InChI is InChI=1S/C14H22BrNS/c1-13(2,3)12-6-4-5-7-14(12,16)10-8-17-9-11(10)15/h8-9,12H,4-7,16H2,1-3H3. The van der Waals surface area contributed by atoms with Crippen molar-refractivity contribution in [1.29, 1.82) is 0 Å². The lowest BCUT2D eigenvalue weighted by molar-refractivity contribution is 0.0776. The Hall–Kier alpha value is 0.140. The van der Waals surface area contributed by atoms with Crippen LogP contribution < -0.4 is 5.73 Å². The Morgan fingerprint density at radius 3 is 2.59 bits per heavy atom. The molecule has 1 aromatic rings. The second-order valence-electron chi connectivity index (χ2n) is 6.34. The van der Waals surface area contributed by atoms with Gasteiger partial charge in [0.05, 0.1) is 0 Å². The maximum absolute atomic E-state index is 6.83. The summed E-state index contributed by atoms with van der Waals surface area (Å²) in [5, 5.41) is 4.38. The average molecular weight is 316 g/mol. The molecular weight excluding hydrogens is 294 g/mol. The quantitative estimate of drug-likeness (QED) is 0.783. The van der Waals surface area contributed by atoms with Gasteiger partial charge in [0.1, 0.15) is 0 Å². The third kappa shape index (κ3) is 2.47. The van der Waals surface area contributed by atoms with Crippen molar-refractivity contribution in [2.75, 3.05) is 0 Å². The van der Waals surface area contributed by atoms with E-state index in [0.29, 0.717) is 5.92 Å². The van der Waals surface area contributed by atoms with Gasteiger partial charge in [0.2, 0.25) is 0 Å². The molecular formula is C14H22BrNS. The van der Waals surface area contributed by atoms with E-state index < -0.39 is 0 Å². The third-order valence-electron chi connectivity index (χ3n) is 4.12. The Morgan fingerprint density at radius 1 is 1.35 bits per heavy atom. The van der Waals surface area contributed by atoms with Gasteiger partial charge in [-0.2, -0.15) is 11.3 Å². The van der Waals surface area contributed by atoms with Crippen LogP contribution in [-0.4, -0.2) is 0 Å². The van der Waals surface area contributed by atoms with Gasteiger partial charge in [-0.25, -0.2) is 0 Å². The Balaban J connectivity index is 2.42. The minimum Gasteiger partial charge on any atom is -0.321 e. The van der Waals surface area contributed by atoms with Crippen molar-refractivity contribution >= 4 is 27.3 Å². The van der Waals surface area contributed by atoms with Gasteiger partial charge in [0.15, 0.2) is 0 Å². The highest BCUT2D eigenvalue weighted by Gasteiger charge is 2.45. The van der Waals surface area contributed by atoms with Crippen LogP contribution in [0.25, 0.3) is 0 Å². The first-order valence-corrected chi connectivity index (χ1v) is 8.10. The molecule has 1 aliphatic rings. The smallest absolute Gasteiger partial charge is 0.0462 e. The number of hydrogen-bond donors (Lipinski definition) is 1. The van der Waals surface area contributed by atoms with E-state index in [9.17, 15) is 0 Å². The zero-order chi connectivity index (χ0) is 12.7. The molecule has 2 unspecified atom stereocenters. The van der Waals surface area contributed by atoms with E-state index >= 15 is 0 Å². The molecule has 0 aromatic carbocycles. The van der Waals surface area contributed by atoms with Crippen molar-refractivity contribution in [3.05, 3.63) is 20.8 Å². The highest BCUT2D eigenvalue weighted by atomic mass is 79.9. The van der Waals surface area contributed by atoms with E-state index in [4.69, 9.17) is 5.73 Å². The first-order chi connectivity index (χ1) is 7.86. The second-order valence-corrected chi connectivity index (χ2v) is 7.94. The number of nitrogens with two attached hydrogens (primary N) is 1. The summed E-state index contributed by atoms with van der Waals surface area (Å²) >= 11 is 5.41. The van der Waals surface area contributed by atoms with Crippen molar-refractivity contribution in [3.63, 3.8) is 0 Å². The van der Waals surface area contributed by atoms with Crippen LogP contribution in [0.5, 0.6) is 0 Å². The molecule has 1 nitrogen and oxygen atoms in total. The molecule has 1 aromatic heterocycles. The summed E-state index contributed by atoms with van der Waals surface area (Å²) in [6.45, 7) is 6.97. The fourth-order valence-electron chi connectivity index (χ4n) is 3.34. The highest BCUT2D eigenvalue weighted by Crippen LogP contribution is 2.50. The number of rotatable bonds is 1. The normalized spacial score (nSPS) is 30.5. The van der Waals surface area contributed by atoms with Crippen LogP contribution in [0.4, 0.5) is 0 Å². The summed E-state index contributed by atoms with van der Waals surface area (Å²) in [6, 6.07) is 0. The highest BCUT2D eigenvalue weighted by molar-refractivity contribution is 9.10. The Morgan fingerprint density at radius 2 is 2.06 bits per heavy atom. The molecule has 1 saturated carbocycles. The fourth-order valence-corrected chi connectivity index (χ4v) is 5.10. The maximum Gasteiger partial charge on any atom is 0.0462 e. The first-order valence-electron chi connectivity index (χ1n) is 6.37. The SMILES string of the molecule is CC(C)(C)C1CCCCC1(N)c1cscc1Br. The van der Waals surface area contributed by atoms with Gasteiger partial charge in [-0.1, -0.05) is 33.6 Å². The number of hydrogen-bond acceptors (Lipinski definition) is 2. The summed E-state index contributed by atoms with van der Waals surface area (Å²) in [4.78, 5) is 0. The predicted octanol–water partition coefficient (Wildman–Crippen LogP) is 4.90. The van der Waals surface area contributed by atoms with Crippen molar-refractivity contribution in [2.45, 2.75) is 52.0 Å². The van der Waals surface area contributed by atoms with Gasteiger partial charge in [-0.15, -0.1) is 0 Å². The lowest BCUT2D eigenvalue weighted by Gasteiger charge is -2.48. The van der Waals surface area contributed by atoms with Crippen LogP contribution in [0.3, 0.4) is 0 Å². The zero-order valence-electron chi connectivity index (χ0n) is 10.9. The molecule has 0 radical (unpaired) electrons. The van der Waals surface area contributed by atoms with E-state index in [0.717, 1.165) is 6.42 Å². The van der Waals surface area contributed by atoms with Gasteiger partial charge in [0, 0.05) is 15.4 Å². The van der Waals surface area contributed by atoms with Crippen LogP contribution in [0, 0.1) is 11.3 Å². The van der Waals surface area contributed by atoms with E-state index in [2.05, 4.69) is 47.5 Å². The molecule has 96 valence electrons. The molecule has 2 rings (SSSR count). The van der Waals surface area contributed by atoms with E-state index in [1.165, 1.54) is 29.3 Å². The van der Waals surface area contributed by atoms with Crippen LogP contribution in [-0.2, 0) is 5.54 Å². The van der Waals surface area contributed by atoms with Crippen molar-refractivity contribution in [2.24, 2.45) is 17.1 Å². The van der Waals surface area contributed by atoms with Crippen LogP contribution in [0.1, 0.15) is 52.0 Å². The van der Waals surface area contributed by atoms with Gasteiger partial charge < -0.3 is 5.73 Å². The molecule has 2 N–H and O–H groups in total. The topological polar surface area (TPSA) is 26.0 Å². The van der Waals surface area contributed by atoms with E-state index in [-0.39, 0.29) is 11.0 Å². The van der Waals surface area contributed by atoms with Gasteiger partial charge >= 0.3 is 0 Å². The monoisotopic (exact) mass is 315 g/mol.